The molecule has 29 heavy (non-hydrogen) atoms. The first-order valence-corrected chi connectivity index (χ1v) is 11.3. The molecule has 7 nitrogen and oxygen atoms in total. The van der Waals surface area contributed by atoms with Gasteiger partial charge < -0.3 is 9.64 Å². The van der Waals surface area contributed by atoms with Crippen molar-refractivity contribution in [2.24, 2.45) is 0 Å². The number of piperazine rings is 1. The smallest absolute Gasteiger partial charge is 0.338 e. The van der Waals surface area contributed by atoms with Crippen molar-refractivity contribution in [1.82, 2.24) is 9.21 Å². The van der Waals surface area contributed by atoms with Gasteiger partial charge in [-0.05, 0) is 43.3 Å². The second-order valence-corrected chi connectivity index (χ2v) is 9.53. The molecule has 0 aromatic heterocycles. The van der Waals surface area contributed by atoms with Crippen LogP contribution in [0.5, 0.6) is 0 Å². The quantitative estimate of drug-likeness (QED) is 0.613. The molecule has 0 N–H and O–H groups in total. The van der Waals surface area contributed by atoms with E-state index in [4.69, 9.17) is 4.74 Å². The highest BCUT2D eigenvalue weighted by atomic mass is 79.9. The lowest BCUT2D eigenvalue weighted by molar-refractivity contribution is -0.135. The van der Waals surface area contributed by atoms with E-state index in [0.717, 1.165) is 10.0 Å². The Morgan fingerprint density at radius 3 is 2.14 bits per heavy atom. The summed E-state index contributed by atoms with van der Waals surface area (Å²) in [4.78, 5) is 26.1. The van der Waals surface area contributed by atoms with Crippen molar-refractivity contribution in [2.45, 2.75) is 11.8 Å². The van der Waals surface area contributed by atoms with Gasteiger partial charge in [-0.25, -0.2) is 13.2 Å². The second-order valence-electron chi connectivity index (χ2n) is 6.68. The topological polar surface area (TPSA) is 84.0 Å². The number of amides is 1. The number of carbonyl (C=O) groups excluding carboxylic acids is 2. The van der Waals surface area contributed by atoms with E-state index in [1.165, 1.54) is 9.21 Å². The highest BCUT2D eigenvalue weighted by molar-refractivity contribution is 9.10. The Bertz CT molecular complexity index is 983. The summed E-state index contributed by atoms with van der Waals surface area (Å²) in [5.74, 6) is -0.922. The first-order valence-electron chi connectivity index (χ1n) is 9.04. The molecule has 1 saturated heterocycles. The fraction of sp³-hybridized carbons (Fsp3) is 0.300. The van der Waals surface area contributed by atoms with Crippen LogP contribution < -0.4 is 0 Å². The average Bonchev–Trinajstić information content (AvgIpc) is 2.72. The summed E-state index contributed by atoms with van der Waals surface area (Å²) in [5, 5.41) is 0. The Balaban J connectivity index is 1.52. The summed E-state index contributed by atoms with van der Waals surface area (Å²) in [5.41, 5.74) is 1.34. The molecule has 0 unspecified atom stereocenters. The van der Waals surface area contributed by atoms with Gasteiger partial charge in [0.2, 0.25) is 10.0 Å². The molecule has 0 saturated carbocycles. The Hall–Kier alpha value is -2.23. The molecule has 2 aromatic rings. The van der Waals surface area contributed by atoms with Crippen molar-refractivity contribution >= 4 is 37.8 Å². The molecular weight excluding hydrogens is 460 g/mol. The van der Waals surface area contributed by atoms with Crippen molar-refractivity contribution in [1.29, 1.82) is 0 Å². The Morgan fingerprint density at radius 1 is 0.966 bits per heavy atom. The van der Waals surface area contributed by atoms with Crippen LogP contribution in [0.4, 0.5) is 0 Å². The molecule has 1 aliphatic rings. The predicted octanol–water partition coefficient (Wildman–Crippen LogP) is 2.45. The minimum Gasteiger partial charge on any atom is -0.452 e. The fourth-order valence-corrected chi connectivity index (χ4v) is 4.61. The van der Waals surface area contributed by atoms with E-state index >= 15 is 0 Å². The highest BCUT2D eigenvalue weighted by Crippen LogP contribution is 2.18. The molecule has 2 aromatic carbocycles. The summed E-state index contributed by atoms with van der Waals surface area (Å²) < 4.78 is 32.7. The number of ether oxygens (including phenoxy) is 1. The summed E-state index contributed by atoms with van der Waals surface area (Å²) in [6, 6.07) is 13.3. The number of sulfonamides is 1. The van der Waals surface area contributed by atoms with Gasteiger partial charge in [0, 0.05) is 30.7 Å². The standard InChI is InChI=1S/C20H21BrN2O5S/c1-15-2-8-18(9-3-15)29(26,27)23-12-10-22(11-13-23)19(24)14-28-20(25)16-4-6-17(21)7-5-16/h2-9H,10-14H2,1H3. The van der Waals surface area contributed by atoms with Crippen LogP contribution >= 0.6 is 15.9 Å². The molecule has 154 valence electrons. The van der Waals surface area contributed by atoms with E-state index in [-0.39, 0.29) is 43.6 Å². The molecule has 9 heteroatoms. The lowest BCUT2D eigenvalue weighted by Crippen LogP contribution is -2.51. The SMILES string of the molecule is Cc1ccc(S(=O)(=O)N2CCN(C(=O)COC(=O)c3ccc(Br)cc3)CC2)cc1. The van der Waals surface area contributed by atoms with Crippen molar-refractivity contribution < 1.29 is 22.7 Å². The Morgan fingerprint density at radius 2 is 1.55 bits per heavy atom. The molecule has 1 heterocycles. The zero-order valence-corrected chi connectivity index (χ0v) is 18.3. The van der Waals surface area contributed by atoms with Crippen LogP contribution in [0.2, 0.25) is 0 Å². The van der Waals surface area contributed by atoms with Crippen LogP contribution in [0.3, 0.4) is 0 Å². The largest absolute Gasteiger partial charge is 0.452 e. The van der Waals surface area contributed by atoms with Crippen molar-refractivity contribution in [3.63, 3.8) is 0 Å². The van der Waals surface area contributed by atoms with Crippen LogP contribution in [0.25, 0.3) is 0 Å². The Kier molecular flexibility index (Phi) is 6.71. The molecular formula is C20H21BrN2O5S. The second kappa shape index (κ2) is 9.06. The third-order valence-electron chi connectivity index (χ3n) is 4.66. The highest BCUT2D eigenvalue weighted by Gasteiger charge is 2.30. The molecule has 0 radical (unpaired) electrons. The number of benzene rings is 2. The van der Waals surface area contributed by atoms with Gasteiger partial charge in [0.25, 0.3) is 5.91 Å². The summed E-state index contributed by atoms with van der Waals surface area (Å²) in [7, 11) is -3.59. The number of halogens is 1. The van der Waals surface area contributed by atoms with Gasteiger partial charge >= 0.3 is 5.97 Å². The van der Waals surface area contributed by atoms with E-state index < -0.39 is 16.0 Å². The van der Waals surface area contributed by atoms with Gasteiger partial charge in [-0.1, -0.05) is 33.6 Å². The van der Waals surface area contributed by atoms with Gasteiger partial charge in [-0.2, -0.15) is 4.31 Å². The maximum Gasteiger partial charge on any atom is 0.338 e. The number of rotatable bonds is 5. The van der Waals surface area contributed by atoms with Gasteiger partial charge in [-0.15, -0.1) is 0 Å². The predicted molar refractivity (Wildman–Crippen MR) is 111 cm³/mol. The monoisotopic (exact) mass is 480 g/mol. The number of carbonyl (C=O) groups is 2. The van der Waals surface area contributed by atoms with Crippen LogP contribution in [-0.2, 0) is 19.6 Å². The van der Waals surface area contributed by atoms with E-state index in [0.29, 0.717) is 5.56 Å². The van der Waals surface area contributed by atoms with Crippen molar-refractivity contribution in [2.75, 3.05) is 32.8 Å². The first kappa shape index (κ1) is 21.5. The zero-order chi connectivity index (χ0) is 21.0. The molecule has 1 fully saturated rings. The molecule has 0 bridgehead atoms. The lowest BCUT2D eigenvalue weighted by Gasteiger charge is -2.33. The van der Waals surface area contributed by atoms with E-state index in [1.807, 2.05) is 6.92 Å². The average molecular weight is 481 g/mol. The van der Waals surface area contributed by atoms with Gasteiger partial charge in [0.1, 0.15) is 0 Å². The number of aryl methyl sites for hydroxylation is 1. The normalized spacial score (nSPS) is 15.2. The van der Waals surface area contributed by atoms with Crippen molar-refractivity contribution in [3.8, 4) is 0 Å². The van der Waals surface area contributed by atoms with E-state index in [9.17, 15) is 18.0 Å². The first-order chi connectivity index (χ1) is 13.8. The van der Waals surface area contributed by atoms with Gasteiger partial charge in [0.05, 0.1) is 10.5 Å². The molecule has 0 spiro atoms. The maximum absolute atomic E-state index is 12.7. The molecule has 0 atom stereocenters. The van der Waals surface area contributed by atoms with Crippen molar-refractivity contribution in [3.05, 3.63) is 64.1 Å². The molecule has 3 rings (SSSR count). The minimum absolute atomic E-state index is 0.197. The van der Waals surface area contributed by atoms with E-state index in [1.54, 1.807) is 48.5 Å². The third-order valence-corrected chi connectivity index (χ3v) is 7.10. The number of hydrogen-bond donors (Lipinski definition) is 0. The maximum atomic E-state index is 12.7. The summed E-state index contributed by atoms with van der Waals surface area (Å²) >= 11 is 3.29. The number of esters is 1. The minimum atomic E-state index is -3.59. The fourth-order valence-electron chi connectivity index (χ4n) is 2.93. The van der Waals surface area contributed by atoms with Gasteiger partial charge in [0.15, 0.2) is 6.61 Å². The zero-order valence-electron chi connectivity index (χ0n) is 15.9. The summed E-state index contributed by atoms with van der Waals surface area (Å²) in [6.45, 7) is 2.41. The van der Waals surface area contributed by atoms with Crippen LogP contribution in [0.15, 0.2) is 57.9 Å². The van der Waals surface area contributed by atoms with Crippen LogP contribution in [-0.4, -0.2) is 62.3 Å². The Labute approximate surface area is 178 Å². The number of nitrogens with zero attached hydrogens (tertiary/aromatic N) is 2. The van der Waals surface area contributed by atoms with Crippen LogP contribution in [0.1, 0.15) is 15.9 Å². The summed E-state index contributed by atoms with van der Waals surface area (Å²) in [6.07, 6.45) is 0. The molecule has 1 aliphatic heterocycles. The lowest BCUT2D eigenvalue weighted by atomic mass is 10.2. The molecule has 0 aliphatic carbocycles. The molecule has 1 amide bonds. The van der Waals surface area contributed by atoms with Gasteiger partial charge in [-0.3, -0.25) is 4.79 Å². The van der Waals surface area contributed by atoms with Crippen LogP contribution in [0, 0.1) is 6.92 Å². The number of hydrogen-bond acceptors (Lipinski definition) is 5. The van der Waals surface area contributed by atoms with E-state index in [2.05, 4.69) is 15.9 Å². The third kappa shape index (κ3) is 5.23.